The Labute approximate surface area is 103 Å². The van der Waals surface area contributed by atoms with Crippen LogP contribution in [-0.4, -0.2) is 10.1 Å². The van der Waals surface area contributed by atoms with E-state index in [1.54, 1.807) is 0 Å². The fraction of sp³-hybridized carbons (Fsp3) is 0.333. The molecule has 0 fully saturated rings. The maximum atomic E-state index is 13.0. The van der Waals surface area contributed by atoms with E-state index in [9.17, 15) is 8.78 Å². The van der Waals surface area contributed by atoms with Crippen molar-refractivity contribution in [2.75, 3.05) is 0 Å². The normalized spacial score (nSPS) is 12.7. The van der Waals surface area contributed by atoms with Crippen LogP contribution in [0, 0.1) is 11.6 Å². The molecule has 0 spiro atoms. The molecule has 1 aromatic carbocycles. The summed E-state index contributed by atoms with van der Waals surface area (Å²) in [7, 11) is 0. The average molecular weight is 253 g/mol. The smallest absolute Gasteiger partial charge is 0.243 e. The van der Waals surface area contributed by atoms with Gasteiger partial charge < -0.3 is 10.3 Å². The molecule has 4 nitrogen and oxygen atoms in total. The van der Waals surface area contributed by atoms with Gasteiger partial charge in [0, 0.05) is 12.5 Å². The molecule has 0 radical (unpaired) electrons. The molecule has 6 heteroatoms. The molecule has 0 bridgehead atoms. The number of benzene rings is 1. The van der Waals surface area contributed by atoms with Crippen molar-refractivity contribution in [3.8, 4) is 0 Å². The molecular formula is C12H13F2N3O. The van der Waals surface area contributed by atoms with Gasteiger partial charge in [-0.3, -0.25) is 0 Å². The topological polar surface area (TPSA) is 64.9 Å². The minimum Gasteiger partial charge on any atom is -0.338 e. The average Bonchev–Trinajstić information content (AvgIpc) is 2.75. The van der Waals surface area contributed by atoms with Crippen LogP contribution in [0.2, 0.25) is 0 Å². The third kappa shape index (κ3) is 2.89. The minimum atomic E-state index is -0.626. The van der Waals surface area contributed by atoms with E-state index in [2.05, 4.69) is 10.1 Å². The van der Waals surface area contributed by atoms with Crippen molar-refractivity contribution in [3.63, 3.8) is 0 Å². The molecule has 1 unspecified atom stereocenters. The number of hydrogen-bond donors (Lipinski definition) is 1. The van der Waals surface area contributed by atoms with Crippen LogP contribution in [0.3, 0.4) is 0 Å². The van der Waals surface area contributed by atoms with Gasteiger partial charge >= 0.3 is 0 Å². The van der Waals surface area contributed by atoms with Gasteiger partial charge in [-0.15, -0.1) is 0 Å². The lowest BCUT2D eigenvalue weighted by atomic mass is 10.1. The zero-order chi connectivity index (χ0) is 13.1. The summed E-state index contributed by atoms with van der Waals surface area (Å²) in [5, 5.41) is 3.73. The SMILES string of the molecule is CCC(N)c1nc(Cc2cc(F)cc(F)c2)no1. The van der Waals surface area contributed by atoms with Gasteiger partial charge in [-0.2, -0.15) is 4.98 Å². The van der Waals surface area contributed by atoms with Crippen molar-refractivity contribution in [1.82, 2.24) is 10.1 Å². The predicted molar refractivity (Wildman–Crippen MR) is 60.7 cm³/mol. The van der Waals surface area contributed by atoms with Gasteiger partial charge in [0.05, 0.1) is 6.04 Å². The highest BCUT2D eigenvalue weighted by Crippen LogP contribution is 2.14. The molecule has 0 saturated carbocycles. The van der Waals surface area contributed by atoms with Crippen LogP contribution >= 0.6 is 0 Å². The number of nitrogens with zero attached hydrogens (tertiary/aromatic N) is 2. The van der Waals surface area contributed by atoms with Crippen molar-refractivity contribution in [1.29, 1.82) is 0 Å². The summed E-state index contributed by atoms with van der Waals surface area (Å²) < 4.78 is 31.0. The van der Waals surface area contributed by atoms with Crippen molar-refractivity contribution in [2.45, 2.75) is 25.8 Å². The molecule has 96 valence electrons. The quantitative estimate of drug-likeness (QED) is 0.908. The van der Waals surface area contributed by atoms with E-state index in [4.69, 9.17) is 10.3 Å². The van der Waals surface area contributed by atoms with Gasteiger partial charge in [0.1, 0.15) is 11.6 Å². The van der Waals surface area contributed by atoms with E-state index in [1.165, 1.54) is 12.1 Å². The van der Waals surface area contributed by atoms with E-state index in [-0.39, 0.29) is 12.5 Å². The third-order valence-corrected chi connectivity index (χ3v) is 2.53. The standard InChI is InChI=1S/C12H13F2N3O/c1-2-10(15)12-16-11(17-18-12)5-7-3-8(13)6-9(14)4-7/h3-4,6,10H,2,5,15H2,1H3. The highest BCUT2D eigenvalue weighted by molar-refractivity contribution is 5.21. The van der Waals surface area contributed by atoms with E-state index >= 15 is 0 Å². The molecule has 0 saturated heterocycles. The Hall–Kier alpha value is -1.82. The van der Waals surface area contributed by atoms with Crippen LogP contribution in [0.4, 0.5) is 8.78 Å². The Balaban J connectivity index is 2.16. The van der Waals surface area contributed by atoms with E-state index in [0.29, 0.717) is 23.7 Å². The lowest BCUT2D eigenvalue weighted by molar-refractivity contribution is 0.348. The molecule has 1 heterocycles. The van der Waals surface area contributed by atoms with Crippen LogP contribution in [0.25, 0.3) is 0 Å². The number of hydrogen-bond acceptors (Lipinski definition) is 4. The Morgan fingerprint density at radius 3 is 2.56 bits per heavy atom. The molecule has 2 aromatic rings. The largest absolute Gasteiger partial charge is 0.338 e. The van der Waals surface area contributed by atoms with E-state index in [1.807, 2.05) is 6.92 Å². The molecular weight excluding hydrogens is 240 g/mol. The Kier molecular flexibility index (Phi) is 3.66. The lowest BCUT2D eigenvalue weighted by Crippen LogP contribution is -2.09. The molecule has 18 heavy (non-hydrogen) atoms. The van der Waals surface area contributed by atoms with Gasteiger partial charge in [-0.05, 0) is 24.1 Å². The first-order valence-corrected chi connectivity index (χ1v) is 5.61. The Bertz CT molecular complexity index is 522. The summed E-state index contributed by atoms with van der Waals surface area (Å²) in [5.74, 6) is -0.554. The molecule has 2 rings (SSSR count). The molecule has 1 atom stereocenters. The molecule has 0 amide bonds. The third-order valence-electron chi connectivity index (χ3n) is 2.53. The molecule has 1 aromatic heterocycles. The minimum absolute atomic E-state index is 0.203. The van der Waals surface area contributed by atoms with Gasteiger partial charge in [0.15, 0.2) is 5.82 Å². The second-order valence-corrected chi connectivity index (χ2v) is 4.02. The Morgan fingerprint density at radius 2 is 1.94 bits per heavy atom. The first-order valence-electron chi connectivity index (χ1n) is 5.61. The van der Waals surface area contributed by atoms with Gasteiger partial charge in [-0.1, -0.05) is 12.1 Å². The van der Waals surface area contributed by atoms with Gasteiger partial charge in [0.25, 0.3) is 0 Å². The maximum absolute atomic E-state index is 13.0. The van der Waals surface area contributed by atoms with Crippen LogP contribution < -0.4 is 5.73 Å². The first kappa shape index (κ1) is 12.6. The van der Waals surface area contributed by atoms with Crippen molar-refractivity contribution in [3.05, 3.63) is 47.1 Å². The van der Waals surface area contributed by atoms with Crippen LogP contribution in [0.15, 0.2) is 22.7 Å². The second kappa shape index (κ2) is 5.22. The van der Waals surface area contributed by atoms with Crippen LogP contribution in [0.5, 0.6) is 0 Å². The summed E-state index contributed by atoms with van der Waals surface area (Å²) >= 11 is 0. The fourth-order valence-electron chi connectivity index (χ4n) is 1.56. The molecule has 0 aliphatic rings. The summed E-state index contributed by atoms with van der Waals surface area (Å²) in [6, 6.07) is 2.98. The zero-order valence-corrected chi connectivity index (χ0v) is 9.86. The summed E-state index contributed by atoms with van der Waals surface area (Å²) in [6.07, 6.45) is 0.880. The second-order valence-electron chi connectivity index (χ2n) is 4.02. The lowest BCUT2D eigenvalue weighted by Gasteiger charge is -1.99. The Morgan fingerprint density at radius 1 is 1.28 bits per heavy atom. The molecule has 0 aliphatic heterocycles. The van der Waals surface area contributed by atoms with Gasteiger partial charge in [-0.25, -0.2) is 8.78 Å². The molecule has 2 N–H and O–H groups in total. The van der Waals surface area contributed by atoms with Crippen molar-refractivity contribution >= 4 is 0 Å². The maximum Gasteiger partial charge on any atom is 0.243 e. The van der Waals surface area contributed by atoms with Gasteiger partial charge in [0.2, 0.25) is 5.89 Å². The number of nitrogens with two attached hydrogens (primary N) is 1. The summed E-state index contributed by atoms with van der Waals surface area (Å²) in [5.41, 5.74) is 6.18. The number of aromatic nitrogens is 2. The molecule has 0 aliphatic carbocycles. The fourth-order valence-corrected chi connectivity index (χ4v) is 1.56. The van der Waals surface area contributed by atoms with E-state index in [0.717, 1.165) is 6.07 Å². The summed E-state index contributed by atoms with van der Waals surface area (Å²) in [6.45, 7) is 1.90. The highest BCUT2D eigenvalue weighted by atomic mass is 19.1. The highest BCUT2D eigenvalue weighted by Gasteiger charge is 2.13. The van der Waals surface area contributed by atoms with Crippen molar-refractivity contribution in [2.24, 2.45) is 5.73 Å². The van der Waals surface area contributed by atoms with Crippen molar-refractivity contribution < 1.29 is 13.3 Å². The predicted octanol–water partition coefficient (Wildman–Crippen LogP) is 2.35. The number of halogens is 2. The summed E-state index contributed by atoms with van der Waals surface area (Å²) in [4.78, 5) is 4.09. The van der Waals surface area contributed by atoms with E-state index < -0.39 is 11.6 Å². The number of rotatable bonds is 4. The first-order chi connectivity index (χ1) is 8.58. The monoisotopic (exact) mass is 253 g/mol. The zero-order valence-electron chi connectivity index (χ0n) is 9.86. The van der Waals surface area contributed by atoms with Crippen LogP contribution in [0.1, 0.15) is 36.7 Å². The van der Waals surface area contributed by atoms with Crippen LogP contribution in [-0.2, 0) is 6.42 Å².